The average Bonchev–Trinajstić information content (AvgIpc) is 2.26. The van der Waals surface area contributed by atoms with Gasteiger partial charge in [-0.2, -0.15) is 0 Å². The Morgan fingerprint density at radius 1 is 1.56 bits per heavy atom. The van der Waals surface area contributed by atoms with E-state index in [1.807, 2.05) is 17.0 Å². The Kier molecular flexibility index (Phi) is 2.85. The first-order valence-electron chi connectivity index (χ1n) is 5.16. The van der Waals surface area contributed by atoms with Crippen LogP contribution in [0, 0.1) is 0 Å². The predicted octanol–water partition coefficient (Wildman–Crippen LogP) is 0.942. The molecule has 16 heavy (non-hydrogen) atoms. The molecular weight excluding hydrogens is 208 g/mol. The van der Waals surface area contributed by atoms with Crippen LogP contribution < -0.4 is 15.4 Å². The molecule has 86 valence electrons. The summed E-state index contributed by atoms with van der Waals surface area (Å²) < 4.78 is 5.47. The fraction of sp³-hybridized carbons (Fsp3) is 0.364. The van der Waals surface area contributed by atoms with Gasteiger partial charge in [0, 0.05) is 6.54 Å². The van der Waals surface area contributed by atoms with Gasteiger partial charge in [-0.3, -0.25) is 4.79 Å². The van der Waals surface area contributed by atoms with Crippen molar-refractivity contribution in [1.82, 2.24) is 0 Å². The maximum absolute atomic E-state index is 10.5. The number of carbonyl (C=O) groups is 1. The van der Waals surface area contributed by atoms with E-state index in [1.165, 1.54) is 0 Å². The van der Waals surface area contributed by atoms with Crippen molar-refractivity contribution in [2.45, 2.75) is 6.42 Å². The highest BCUT2D eigenvalue weighted by Crippen LogP contribution is 2.36. The van der Waals surface area contributed by atoms with Crippen molar-refractivity contribution in [3.8, 4) is 5.75 Å². The van der Waals surface area contributed by atoms with Gasteiger partial charge in [-0.15, -0.1) is 0 Å². The third kappa shape index (κ3) is 2.03. The highest BCUT2D eigenvalue weighted by molar-refractivity contribution is 5.76. The summed E-state index contributed by atoms with van der Waals surface area (Å²) in [5.74, 6) is -0.0702. The predicted molar refractivity (Wildman–Crippen MR) is 60.8 cm³/mol. The molecule has 0 aliphatic carbocycles. The average molecular weight is 222 g/mol. The van der Waals surface area contributed by atoms with Gasteiger partial charge in [0.1, 0.15) is 18.0 Å². The number of nitrogens with zero attached hydrogens (tertiary/aromatic N) is 1. The first kappa shape index (κ1) is 10.6. The summed E-state index contributed by atoms with van der Waals surface area (Å²) in [5.41, 5.74) is 7.31. The topological polar surface area (TPSA) is 75.8 Å². The molecule has 0 aromatic heterocycles. The van der Waals surface area contributed by atoms with Gasteiger partial charge in [-0.1, -0.05) is 6.07 Å². The van der Waals surface area contributed by atoms with Crippen molar-refractivity contribution in [1.29, 1.82) is 0 Å². The highest BCUT2D eigenvalue weighted by atomic mass is 16.5. The normalized spacial score (nSPS) is 14.1. The molecule has 0 fully saturated rings. The number of carboxylic acids is 1. The summed E-state index contributed by atoms with van der Waals surface area (Å²) in [5, 5.41) is 8.67. The van der Waals surface area contributed by atoms with Crippen LogP contribution in [0.5, 0.6) is 5.75 Å². The maximum atomic E-state index is 10.5. The number of aliphatic carboxylic acids is 1. The molecule has 0 saturated heterocycles. The number of rotatable bonds is 3. The number of benzene rings is 1. The van der Waals surface area contributed by atoms with Crippen LogP contribution in [0.4, 0.5) is 11.4 Å². The van der Waals surface area contributed by atoms with Crippen LogP contribution >= 0.6 is 0 Å². The molecule has 0 saturated carbocycles. The number of nitrogen functional groups attached to an aromatic ring is 1. The van der Waals surface area contributed by atoms with Crippen LogP contribution in [-0.4, -0.2) is 30.8 Å². The lowest BCUT2D eigenvalue weighted by Crippen LogP contribution is -2.34. The minimum atomic E-state index is -0.803. The van der Waals surface area contributed by atoms with Crippen LogP contribution in [0.1, 0.15) is 6.42 Å². The molecule has 1 aromatic carbocycles. The monoisotopic (exact) mass is 222 g/mol. The van der Waals surface area contributed by atoms with E-state index in [0.29, 0.717) is 25.4 Å². The molecule has 5 nitrogen and oxygen atoms in total. The number of anilines is 2. The second-order valence-corrected chi connectivity index (χ2v) is 3.67. The first-order valence-corrected chi connectivity index (χ1v) is 5.16. The van der Waals surface area contributed by atoms with E-state index in [1.54, 1.807) is 6.07 Å². The number of hydrogen-bond acceptors (Lipinski definition) is 4. The van der Waals surface area contributed by atoms with Crippen molar-refractivity contribution in [2.75, 3.05) is 30.3 Å². The Morgan fingerprint density at radius 2 is 2.38 bits per heavy atom. The SMILES string of the molecule is Nc1cccc2c1N(CCC(=O)O)CCO2. The molecule has 2 rings (SSSR count). The quantitative estimate of drug-likeness (QED) is 0.744. The lowest BCUT2D eigenvalue weighted by atomic mass is 10.2. The van der Waals surface area contributed by atoms with E-state index in [9.17, 15) is 4.79 Å². The van der Waals surface area contributed by atoms with Crippen LogP contribution in [0.15, 0.2) is 18.2 Å². The third-order valence-electron chi connectivity index (χ3n) is 2.56. The van der Waals surface area contributed by atoms with E-state index in [0.717, 1.165) is 11.4 Å². The van der Waals surface area contributed by atoms with E-state index < -0.39 is 5.97 Å². The number of carboxylic acid groups (broad SMARTS) is 1. The van der Waals surface area contributed by atoms with Gasteiger partial charge >= 0.3 is 5.97 Å². The lowest BCUT2D eigenvalue weighted by molar-refractivity contribution is -0.136. The third-order valence-corrected chi connectivity index (χ3v) is 2.56. The summed E-state index contributed by atoms with van der Waals surface area (Å²) >= 11 is 0. The van der Waals surface area contributed by atoms with Gasteiger partial charge in [-0.05, 0) is 12.1 Å². The molecule has 1 aliphatic heterocycles. The fourth-order valence-corrected chi connectivity index (χ4v) is 1.83. The van der Waals surface area contributed by atoms with E-state index in [-0.39, 0.29) is 6.42 Å². The summed E-state index contributed by atoms with van der Waals surface area (Å²) in [6.07, 6.45) is 0.105. The van der Waals surface area contributed by atoms with Crippen molar-refractivity contribution >= 4 is 17.3 Å². The lowest BCUT2D eigenvalue weighted by Gasteiger charge is -2.31. The molecule has 0 spiro atoms. The number of nitrogens with two attached hydrogens (primary N) is 1. The van der Waals surface area contributed by atoms with E-state index in [2.05, 4.69) is 0 Å². The molecule has 0 atom stereocenters. The Labute approximate surface area is 93.4 Å². The van der Waals surface area contributed by atoms with Crippen molar-refractivity contribution in [2.24, 2.45) is 0 Å². The Bertz CT molecular complexity index is 406. The number of hydrogen-bond donors (Lipinski definition) is 2. The Balaban J connectivity index is 2.21. The molecule has 0 bridgehead atoms. The second kappa shape index (κ2) is 4.30. The Morgan fingerprint density at radius 3 is 3.12 bits per heavy atom. The van der Waals surface area contributed by atoms with E-state index in [4.69, 9.17) is 15.6 Å². The van der Waals surface area contributed by atoms with Gasteiger partial charge in [0.25, 0.3) is 0 Å². The van der Waals surface area contributed by atoms with Gasteiger partial charge in [0.05, 0.1) is 18.7 Å². The molecule has 1 aromatic rings. The molecule has 0 amide bonds. The molecule has 0 radical (unpaired) electrons. The summed E-state index contributed by atoms with van der Waals surface area (Å²) in [6.45, 7) is 1.70. The Hall–Kier alpha value is -1.91. The second-order valence-electron chi connectivity index (χ2n) is 3.67. The minimum absolute atomic E-state index is 0.105. The molecule has 5 heteroatoms. The van der Waals surface area contributed by atoms with Crippen LogP contribution in [0.2, 0.25) is 0 Å². The van der Waals surface area contributed by atoms with Gasteiger partial charge < -0.3 is 20.5 Å². The molecule has 0 unspecified atom stereocenters. The molecule has 1 heterocycles. The highest BCUT2D eigenvalue weighted by Gasteiger charge is 2.20. The minimum Gasteiger partial charge on any atom is -0.489 e. The molecule has 3 N–H and O–H groups in total. The van der Waals surface area contributed by atoms with Gasteiger partial charge in [0.2, 0.25) is 0 Å². The zero-order valence-electron chi connectivity index (χ0n) is 8.85. The van der Waals surface area contributed by atoms with E-state index >= 15 is 0 Å². The smallest absolute Gasteiger partial charge is 0.305 e. The zero-order valence-corrected chi connectivity index (χ0v) is 8.85. The number of para-hydroxylation sites is 1. The summed E-state index contributed by atoms with van der Waals surface area (Å²) in [6, 6.07) is 5.47. The van der Waals surface area contributed by atoms with Gasteiger partial charge in [0.15, 0.2) is 0 Å². The van der Waals surface area contributed by atoms with Crippen LogP contribution in [0.25, 0.3) is 0 Å². The first-order chi connectivity index (χ1) is 7.68. The van der Waals surface area contributed by atoms with Crippen molar-refractivity contribution in [3.05, 3.63) is 18.2 Å². The maximum Gasteiger partial charge on any atom is 0.305 e. The van der Waals surface area contributed by atoms with Crippen molar-refractivity contribution < 1.29 is 14.6 Å². The van der Waals surface area contributed by atoms with Gasteiger partial charge in [-0.25, -0.2) is 0 Å². The fourth-order valence-electron chi connectivity index (χ4n) is 1.83. The zero-order chi connectivity index (χ0) is 11.5. The molecular formula is C11H14N2O3. The molecule has 1 aliphatic rings. The number of fused-ring (bicyclic) bond motifs is 1. The van der Waals surface area contributed by atoms with Crippen LogP contribution in [-0.2, 0) is 4.79 Å². The summed E-state index contributed by atoms with van der Waals surface area (Å²) in [7, 11) is 0. The standard InChI is InChI=1S/C11H14N2O3/c12-8-2-1-3-9-11(8)13(6-7-16-9)5-4-10(14)15/h1-3H,4-7,12H2,(H,14,15). The van der Waals surface area contributed by atoms with Crippen LogP contribution in [0.3, 0.4) is 0 Å². The largest absolute Gasteiger partial charge is 0.489 e. The summed E-state index contributed by atoms with van der Waals surface area (Å²) in [4.78, 5) is 12.5. The van der Waals surface area contributed by atoms with Crippen molar-refractivity contribution in [3.63, 3.8) is 0 Å². The number of ether oxygens (including phenoxy) is 1.